The van der Waals surface area contributed by atoms with Gasteiger partial charge in [0.15, 0.2) is 5.78 Å². The van der Waals surface area contributed by atoms with Gasteiger partial charge in [0, 0.05) is 6.07 Å². The van der Waals surface area contributed by atoms with Crippen molar-refractivity contribution >= 4 is 5.78 Å². The number of rotatable bonds is 4. The van der Waals surface area contributed by atoms with Crippen molar-refractivity contribution in [1.29, 1.82) is 0 Å². The van der Waals surface area contributed by atoms with Gasteiger partial charge >= 0.3 is 0 Å². The predicted molar refractivity (Wildman–Crippen MR) is 63.0 cm³/mol. The van der Waals surface area contributed by atoms with Crippen LogP contribution in [0.15, 0.2) is 29.8 Å². The smallest absolute Gasteiger partial charge is 0.163 e. The zero-order valence-electron chi connectivity index (χ0n) is 9.78. The summed E-state index contributed by atoms with van der Waals surface area (Å²) in [4.78, 5) is 11.1. The van der Waals surface area contributed by atoms with Crippen molar-refractivity contribution in [2.24, 2.45) is 0 Å². The van der Waals surface area contributed by atoms with Gasteiger partial charge in [-0.05, 0) is 39.0 Å². The van der Waals surface area contributed by atoms with Crippen LogP contribution in [0.5, 0.6) is 11.5 Å². The number of carbonyl (C=O) groups excluding carboxylic acids is 1. The fraction of sp³-hybridized carbons (Fsp3) is 0.308. The molecule has 0 aliphatic rings. The third-order valence-corrected chi connectivity index (χ3v) is 2.09. The van der Waals surface area contributed by atoms with Crippen LogP contribution in [-0.4, -0.2) is 17.5 Å². The monoisotopic (exact) mass is 220 g/mol. The van der Waals surface area contributed by atoms with Gasteiger partial charge in [-0.1, -0.05) is 5.57 Å². The molecule has 0 fully saturated rings. The zero-order chi connectivity index (χ0) is 12.1. The molecule has 0 radical (unpaired) electrons. The van der Waals surface area contributed by atoms with Crippen molar-refractivity contribution in [2.75, 3.05) is 6.61 Å². The number of Topliss-reactive ketones (excluding diaryl/α,β-unsaturated/α-hetero) is 1. The van der Waals surface area contributed by atoms with E-state index in [9.17, 15) is 9.90 Å². The number of hydrogen-bond donors (Lipinski definition) is 1. The Morgan fingerprint density at radius 3 is 2.56 bits per heavy atom. The lowest BCUT2D eigenvalue weighted by Gasteiger charge is -2.06. The van der Waals surface area contributed by atoms with Gasteiger partial charge in [0.1, 0.15) is 18.1 Å². The van der Waals surface area contributed by atoms with Crippen LogP contribution in [0.1, 0.15) is 31.1 Å². The number of ether oxygens (including phenoxy) is 1. The van der Waals surface area contributed by atoms with Gasteiger partial charge in [-0.15, -0.1) is 0 Å². The minimum atomic E-state index is -0.159. The molecule has 0 saturated carbocycles. The molecule has 0 heterocycles. The molecule has 1 aromatic carbocycles. The number of hydrogen-bond acceptors (Lipinski definition) is 3. The maximum absolute atomic E-state index is 11.1. The summed E-state index contributed by atoms with van der Waals surface area (Å²) in [6.07, 6.45) is 1.94. The van der Waals surface area contributed by atoms with E-state index in [0.717, 1.165) is 0 Å². The molecule has 1 aromatic rings. The summed E-state index contributed by atoms with van der Waals surface area (Å²) in [5.74, 6) is 0.357. The van der Waals surface area contributed by atoms with Crippen molar-refractivity contribution in [1.82, 2.24) is 0 Å². The number of benzene rings is 1. The second-order valence-corrected chi connectivity index (χ2v) is 3.83. The summed E-state index contributed by atoms with van der Waals surface area (Å²) in [6, 6.07) is 4.69. The average Bonchev–Trinajstić information content (AvgIpc) is 2.16. The first-order chi connectivity index (χ1) is 7.50. The lowest BCUT2D eigenvalue weighted by atomic mass is 10.1. The summed E-state index contributed by atoms with van der Waals surface area (Å²) in [5.41, 5.74) is 1.49. The van der Waals surface area contributed by atoms with E-state index < -0.39 is 0 Å². The molecule has 86 valence electrons. The normalized spacial score (nSPS) is 9.69. The number of phenolic OH excluding ortho intramolecular Hbond substituents is 1. The van der Waals surface area contributed by atoms with Gasteiger partial charge in [-0.3, -0.25) is 4.79 Å². The largest absolute Gasteiger partial charge is 0.507 e. The number of ketones is 1. The van der Waals surface area contributed by atoms with Crippen LogP contribution in [0.2, 0.25) is 0 Å². The maximum Gasteiger partial charge on any atom is 0.163 e. The highest BCUT2D eigenvalue weighted by molar-refractivity contribution is 5.96. The van der Waals surface area contributed by atoms with Crippen LogP contribution in [-0.2, 0) is 0 Å². The Labute approximate surface area is 95.4 Å². The van der Waals surface area contributed by atoms with Crippen molar-refractivity contribution in [3.05, 3.63) is 35.4 Å². The van der Waals surface area contributed by atoms with E-state index in [1.807, 2.05) is 19.9 Å². The molecule has 0 aliphatic heterocycles. The molecule has 1 N–H and O–H groups in total. The fourth-order valence-corrected chi connectivity index (χ4v) is 1.20. The second-order valence-electron chi connectivity index (χ2n) is 3.83. The van der Waals surface area contributed by atoms with Crippen molar-refractivity contribution < 1.29 is 14.6 Å². The predicted octanol–water partition coefficient (Wildman–Crippen LogP) is 2.94. The number of carbonyl (C=O) groups is 1. The van der Waals surface area contributed by atoms with E-state index in [-0.39, 0.29) is 11.5 Å². The van der Waals surface area contributed by atoms with Gasteiger partial charge in [-0.2, -0.15) is 0 Å². The third kappa shape index (κ3) is 3.42. The molecule has 3 heteroatoms. The molecular formula is C13H16O3. The number of phenols is 1. The minimum absolute atomic E-state index is 0.0396. The van der Waals surface area contributed by atoms with Crippen LogP contribution in [0.3, 0.4) is 0 Å². The van der Waals surface area contributed by atoms with E-state index in [4.69, 9.17) is 4.74 Å². The molecule has 0 aliphatic carbocycles. The topological polar surface area (TPSA) is 46.5 Å². The Bertz CT molecular complexity index is 415. The van der Waals surface area contributed by atoms with Crippen molar-refractivity contribution in [3.63, 3.8) is 0 Å². The van der Waals surface area contributed by atoms with Gasteiger partial charge in [0.25, 0.3) is 0 Å². The van der Waals surface area contributed by atoms with E-state index in [1.54, 1.807) is 12.1 Å². The fourth-order valence-electron chi connectivity index (χ4n) is 1.20. The lowest BCUT2D eigenvalue weighted by Crippen LogP contribution is -1.96. The summed E-state index contributed by atoms with van der Waals surface area (Å²) < 4.78 is 5.38. The van der Waals surface area contributed by atoms with E-state index in [2.05, 4.69) is 0 Å². The highest BCUT2D eigenvalue weighted by atomic mass is 16.5. The van der Waals surface area contributed by atoms with E-state index in [1.165, 1.54) is 18.6 Å². The van der Waals surface area contributed by atoms with Crippen LogP contribution in [0.4, 0.5) is 0 Å². The van der Waals surface area contributed by atoms with E-state index in [0.29, 0.717) is 17.9 Å². The highest BCUT2D eigenvalue weighted by Gasteiger charge is 2.06. The molecule has 16 heavy (non-hydrogen) atoms. The molecule has 0 amide bonds. The average molecular weight is 220 g/mol. The number of aromatic hydroxyl groups is 1. The Balaban J connectivity index is 2.74. The summed E-state index contributed by atoms with van der Waals surface area (Å²) in [5, 5.41) is 9.55. The van der Waals surface area contributed by atoms with Crippen LogP contribution in [0.25, 0.3) is 0 Å². The van der Waals surface area contributed by atoms with Crippen LogP contribution in [0, 0.1) is 0 Å². The molecular weight excluding hydrogens is 204 g/mol. The molecule has 0 atom stereocenters. The quantitative estimate of drug-likeness (QED) is 0.626. The standard InChI is InChI=1S/C13H16O3/c1-9(2)6-7-16-11-4-5-12(10(3)14)13(15)8-11/h4-6,8,15H,7H2,1-3H3. The minimum Gasteiger partial charge on any atom is -0.507 e. The number of allylic oxidation sites excluding steroid dienone is 1. The van der Waals surface area contributed by atoms with Gasteiger partial charge in [0.2, 0.25) is 0 Å². The molecule has 0 bridgehead atoms. The summed E-state index contributed by atoms with van der Waals surface area (Å²) >= 11 is 0. The first-order valence-corrected chi connectivity index (χ1v) is 5.11. The molecule has 0 saturated heterocycles. The Kier molecular flexibility index (Phi) is 4.11. The van der Waals surface area contributed by atoms with Crippen molar-refractivity contribution in [3.8, 4) is 11.5 Å². The third-order valence-electron chi connectivity index (χ3n) is 2.09. The second kappa shape index (κ2) is 5.35. The lowest BCUT2D eigenvalue weighted by molar-refractivity contribution is 0.101. The SMILES string of the molecule is CC(=O)c1ccc(OCC=C(C)C)cc1O. The molecule has 3 nitrogen and oxygen atoms in total. The zero-order valence-corrected chi connectivity index (χ0v) is 9.78. The maximum atomic E-state index is 11.1. The van der Waals surface area contributed by atoms with Crippen LogP contribution < -0.4 is 4.74 Å². The Morgan fingerprint density at radius 2 is 2.06 bits per heavy atom. The van der Waals surface area contributed by atoms with Gasteiger partial charge in [0.05, 0.1) is 5.56 Å². The Morgan fingerprint density at radius 1 is 1.38 bits per heavy atom. The van der Waals surface area contributed by atoms with E-state index >= 15 is 0 Å². The van der Waals surface area contributed by atoms with Crippen molar-refractivity contribution in [2.45, 2.75) is 20.8 Å². The molecule has 0 unspecified atom stereocenters. The highest BCUT2D eigenvalue weighted by Crippen LogP contribution is 2.23. The molecule has 0 spiro atoms. The van der Waals surface area contributed by atoms with Gasteiger partial charge in [-0.25, -0.2) is 0 Å². The molecule has 1 rings (SSSR count). The molecule has 0 aromatic heterocycles. The Hall–Kier alpha value is -1.77. The summed E-state index contributed by atoms with van der Waals surface area (Å²) in [7, 11) is 0. The summed E-state index contributed by atoms with van der Waals surface area (Å²) in [6.45, 7) is 5.85. The van der Waals surface area contributed by atoms with Crippen LogP contribution >= 0.6 is 0 Å². The first kappa shape index (κ1) is 12.3. The first-order valence-electron chi connectivity index (χ1n) is 5.11. The van der Waals surface area contributed by atoms with Gasteiger partial charge < -0.3 is 9.84 Å².